The number of carboxylic acid groups (broad SMARTS) is 1. The van der Waals surface area contributed by atoms with Crippen LogP contribution in [0, 0.1) is 5.92 Å². The van der Waals surface area contributed by atoms with Gasteiger partial charge in [-0.25, -0.2) is 4.79 Å². The van der Waals surface area contributed by atoms with Crippen LogP contribution in [-0.2, 0) is 42.7 Å². The van der Waals surface area contributed by atoms with E-state index >= 15 is 0 Å². The molecule has 17 atom stereocenters. The molecule has 0 aromatic rings. The van der Waals surface area contributed by atoms with Crippen molar-refractivity contribution in [2.24, 2.45) is 5.92 Å². The molecule has 4 unspecified atom stereocenters. The van der Waals surface area contributed by atoms with Gasteiger partial charge in [-0.2, -0.15) is 0 Å². The summed E-state index contributed by atoms with van der Waals surface area (Å²) in [7, 11) is 0. The van der Waals surface area contributed by atoms with E-state index in [-0.39, 0.29) is 18.9 Å². The maximum atomic E-state index is 12.2. The van der Waals surface area contributed by atoms with Gasteiger partial charge < -0.3 is 89.3 Å². The molecular weight excluding hydrogens is 884 g/mol. The average Bonchev–Trinajstić information content (AvgIpc) is 3.29. The second-order valence-electron chi connectivity index (χ2n) is 19.2. The number of carbonyl (C=O) groups excluding carboxylic acids is 1. The first-order valence-corrected chi connectivity index (χ1v) is 25.0. The van der Waals surface area contributed by atoms with Gasteiger partial charge in [0.15, 0.2) is 25.0 Å². The molecule has 394 valence electrons. The second kappa shape index (κ2) is 32.3. The van der Waals surface area contributed by atoms with Gasteiger partial charge in [-0.15, -0.1) is 0 Å². The van der Waals surface area contributed by atoms with Gasteiger partial charge in [-0.05, 0) is 44.4 Å². The number of carboxylic acids is 1. The second-order valence-corrected chi connectivity index (χ2v) is 19.2. The zero-order valence-corrected chi connectivity index (χ0v) is 40.0. The predicted octanol–water partition coefficient (Wildman–Crippen LogP) is 1.68. The molecule has 3 fully saturated rings. The fourth-order valence-electron chi connectivity index (χ4n) is 8.52. The van der Waals surface area contributed by atoms with E-state index < -0.39 is 129 Å². The number of rotatable bonds is 34. The Morgan fingerprint density at radius 3 is 1.58 bits per heavy atom. The van der Waals surface area contributed by atoms with Gasteiger partial charge in [0.25, 0.3) is 0 Å². The van der Waals surface area contributed by atoms with Crippen LogP contribution in [0.3, 0.4) is 0 Å². The Morgan fingerprint density at radius 1 is 0.567 bits per heavy atom. The van der Waals surface area contributed by atoms with Crippen LogP contribution >= 0.6 is 0 Å². The van der Waals surface area contributed by atoms with E-state index in [9.17, 15) is 60.7 Å². The molecular formula is C47H86O20. The zero-order valence-electron chi connectivity index (χ0n) is 40.0. The van der Waals surface area contributed by atoms with Crippen molar-refractivity contribution >= 4 is 11.9 Å². The van der Waals surface area contributed by atoms with E-state index in [2.05, 4.69) is 0 Å². The summed E-state index contributed by atoms with van der Waals surface area (Å²) in [5, 5.41) is 115. The highest BCUT2D eigenvalue weighted by molar-refractivity contribution is 5.71. The molecule has 67 heavy (non-hydrogen) atoms. The molecule has 0 aromatic carbocycles. The Labute approximate surface area is 395 Å². The average molecular weight is 971 g/mol. The van der Waals surface area contributed by atoms with Crippen molar-refractivity contribution in [3.05, 3.63) is 0 Å². The van der Waals surface area contributed by atoms with Gasteiger partial charge in [0.1, 0.15) is 67.6 Å². The Hall–Kier alpha value is -1.70. The molecule has 0 amide bonds. The van der Waals surface area contributed by atoms with Crippen LogP contribution in [0.4, 0.5) is 0 Å². The van der Waals surface area contributed by atoms with Crippen LogP contribution in [0.5, 0.6) is 0 Å². The number of aliphatic hydroxyl groups is 10. The molecule has 0 aromatic heterocycles. The van der Waals surface area contributed by atoms with Crippen LogP contribution in [0.1, 0.15) is 156 Å². The largest absolute Gasteiger partial charge is 0.479 e. The third-order valence-corrected chi connectivity index (χ3v) is 12.8. The van der Waals surface area contributed by atoms with Crippen molar-refractivity contribution in [2.75, 3.05) is 19.8 Å². The van der Waals surface area contributed by atoms with Crippen molar-refractivity contribution in [3.8, 4) is 0 Å². The first kappa shape index (κ1) is 59.6. The molecule has 3 heterocycles. The molecule has 11 N–H and O–H groups in total. The standard InChI is InChI=1S/C47H86O20/c1-4-5-19-29(20-18-23-31(49)30(48)21-16-14-12-10-8-6-7-9-11-13-15-17-22-32(50)44(59)60)64-46-42(37(54)33(51)25-62-46)67-47-43(38(55)34(52)26-63-47)66-45-41(58)40(57)39(56)35(65-45)27-61-36(53)24-28(2)3/h28-35,37-43,45-52,54-58H,4-27H2,1-3H3,(H,59,60)/t29?,30?,31-,32-,33-,34-,35-,37+,38+,39-,40+,41-,42-,43-,45?,46+,47?/m0/s1. The van der Waals surface area contributed by atoms with Crippen molar-refractivity contribution < 1.29 is 98.9 Å². The number of unbranched alkanes of at least 4 members (excludes halogenated alkanes) is 12. The van der Waals surface area contributed by atoms with E-state index in [1.807, 2.05) is 20.8 Å². The van der Waals surface area contributed by atoms with E-state index in [4.69, 9.17) is 38.3 Å². The maximum absolute atomic E-state index is 12.2. The number of hydrogen-bond donors (Lipinski definition) is 11. The zero-order chi connectivity index (χ0) is 49.5. The summed E-state index contributed by atoms with van der Waals surface area (Å²) in [5.41, 5.74) is 0. The summed E-state index contributed by atoms with van der Waals surface area (Å²) in [6.07, 6.45) is -7.52. The van der Waals surface area contributed by atoms with Gasteiger partial charge in [-0.3, -0.25) is 4.79 Å². The fraction of sp³-hybridized carbons (Fsp3) is 0.957. The SMILES string of the molecule is CCCCC(CCC[C@H](O)C(O)CCCCCCCCCCCCCC[C@H](O)C(=O)O)O[C@H]1OC[C@H](O)[C@@H](O)[C@@H]1OC1OC[C@H](O)[C@@H](O)[C@@H]1OC1O[C@@H](COC(=O)CC(C)C)[C@H](O)[C@@H](O)[C@@H]1O. The number of aliphatic hydroxyl groups excluding tert-OH is 10. The van der Waals surface area contributed by atoms with E-state index in [0.29, 0.717) is 38.5 Å². The van der Waals surface area contributed by atoms with Crippen LogP contribution in [0.15, 0.2) is 0 Å². The number of aliphatic carboxylic acids is 1. The Kier molecular flexibility index (Phi) is 28.7. The minimum Gasteiger partial charge on any atom is -0.479 e. The Bertz CT molecular complexity index is 1330. The van der Waals surface area contributed by atoms with E-state index in [1.165, 1.54) is 0 Å². The Balaban J connectivity index is 1.48. The van der Waals surface area contributed by atoms with Gasteiger partial charge >= 0.3 is 11.9 Å². The van der Waals surface area contributed by atoms with Gasteiger partial charge in [0.05, 0.1) is 31.5 Å². The summed E-state index contributed by atoms with van der Waals surface area (Å²) in [5.74, 6) is -1.75. The number of esters is 1. The number of hydrogen-bond acceptors (Lipinski definition) is 19. The van der Waals surface area contributed by atoms with Crippen molar-refractivity contribution in [1.82, 2.24) is 0 Å². The summed E-state index contributed by atoms with van der Waals surface area (Å²) in [4.78, 5) is 22.9. The first-order valence-electron chi connectivity index (χ1n) is 25.0. The molecule has 0 radical (unpaired) electrons. The van der Waals surface area contributed by atoms with Crippen LogP contribution in [-0.4, -0.2) is 192 Å². The molecule has 3 rings (SSSR count). The lowest BCUT2D eigenvalue weighted by molar-refractivity contribution is -0.380. The molecule has 0 spiro atoms. The highest BCUT2D eigenvalue weighted by Gasteiger charge is 2.51. The maximum Gasteiger partial charge on any atom is 0.332 e. The molecule has 3 aliphatic rings. The normalized spacial score (nSPS) is 32.2. The Morgan fingerprint density at radius 2 is 1.04 bits per heavy atom. The van der Waals surface area contributed by atoms with Crippen LogP contribution in [0.2, 0.25) is 0 Å². The molecule has 0 bridgehead atoms. The van der Waals surface area contributed by atoms with Gasteiger partial charge in [-0.1, -0.05) is 111 Å². The lowest BCUT2D eigenvalue weighted by Crippen LogP contribution is -2.64. The number of ether oxygens (including phenoxy) is 7. The topological polar surface area (TPSA) is 321 Å². The number of carbonyl (C=O) groups is 2. The van der Waals surface area contributed by atoms with Crippen molar-refractivity contribution in [3.63, 3.8) is 0 Å². The molecule has 0 saturated carbocycles. The van der Waals surface area contributed by atoms with Gasteiger partial charge in [0, 0.05) is 6.42 Å². The van der Waals surface area contributed by atoms with Crippen molar-refractivity contribution in [2.45, 2.75) is 260 Å². The van der Waals surface area contributed by atoms with Crippen LogP contribution < -0.4 is 0 Å². The first-order chi connectivity index (χ1) is 31.9. The molecule has 3 aliphatic heterocycles. The quantitative estimate of drug-likeness (QED) is 0.0323. The summed E-state index contributed by atoms with van der Waals surface area (Å²) in [6.45, 7) is 4.40. The molecule has 20 nitrogen and oxygen atoms in total. The fourth-order valence-corrected chi connectivity index (χ4v) is 8.52. The summed E-state index contributed by atoms with van der Waals surface area (Å²) < 4.78 is 40.8. The third-order valence-electron chi connectivity index (χ3n) is 12.8. The minimum atomic E-state index is -1.88. The summed E-state index contributed by atoms with van der Waals surface area (Å²) >= 11 is 0. The predicted molar refractivity (Wildman–Crippen MR) is 239 cm³/mol. The van der Waals surface area contributed by atoms with Crippen LogP contribution in [0.25, 0.3) is 0 Å². The highest BCUT2D eigenvalue weighted by atomic mass is 16.8. The third kappa shape index (κ3) is 21.3. The van der Waals surface area contributed by atoms with Crippen molar-refractivity contribution in [1.29, 1.82) is 0 Å². The molecule has 0 aliphatic carbocycles. The lowest BCUT2D eigenvalue weighted by Gasteiger charge is -2.46. The van der Waals surface area contributed by atoms with E-state index in [0.717, 1.165) is 89.9 Å². The lowest BCUT2D eigenvalue weighted by atomic mass is 9.98. The highest BCUT2D eigenvalue weighted by Crippen LogP contribution is 2.32. The van der Waals surface area contributed by atoms with Gasteiger partial charge in [0.2, 0.25) is 0 Å². The minimum absolute atomic E-state index is 0.0120. The molecule has 20 heteroatoms. The molecule has 3 saturated heterocycles. The smallest absolute Gasteiger partial charge is 0.332 e. The summed E-state index contributed by atoms with van der Waals surface area (Å²) in [6, 6.07) is 0. The monoisotopic (exact) mass is 971 g/mol. The van der Waals surface area contributed by atoms with E-state index in [1.54, 1.807) is 0 Å².